The van der Waals surface area contributed by atoms with Crippen molar-refractivity contribution in [3.05, 3.63) is 48.7 Å². The van der Waals surface area contributed by atoms with Crippen molar-refractivity contribution in [1.82, 2.24) is 13.6 Å². The topological polar surface area (TPSA) is 129 Å². The molecule has 1 aromatic heterocycles. The standard InChI is InChI=1S/C19H25N5O5S2/c1-23(2)31(28,29)24-13-5-6-15(14-24)19(25)21-16-8-10-17(11-9-16)30(26,27)22-18-7-3-4-12-20-18/h3-4,7-12,15H,5-6,13-14H2,1-2H3,(H,20,22)(H,21,25)/t15-/m0/s1. The van der Waals surface area contributed by atoms with Crippen LogP contribution in [0.5, 0.6) is 0 Å². The Balaban J connectivity index is 1.65. The normalized spacial score (nSPS) is 18.0. The van der Waals surface area contributed by atoms with Crippen molar-refractivity contribution >= 4 is 37.6 Å². The van der Waals surface area contributed by atoms with E-state index in [4.69, 9.17) is 0 Å². The van der Waals surface area contributed by atoms with Gasteiger partial charge in [0.15, 0.2) is 0 Å². The van der Waals surface area contributed by atoms with Gasteiger partial charge >= 0.3 is 0 Å². The molecule has 1 aliphatic heterocycles. The minimum absolute atomic E-state index is 0.0251. The van der Waals surface area contributed by atoms with Crippen LogP contribution in [0, 0.1) is 5.92 Å². The first-order valence-corrected chi connectivity index (χ1v) is 12.5. The lowest BCUT2D eigenvalue weighted by molar-refractivity contribution is -0.120. The number of aromatic nitrogens is 1. The molecule has 1 amide bonds. The van der Waals surface area contributed by atoms with E-state index in [1.165, 1.54) is 54.9 Å². The molecule has 31 heavy (non-hydrogen) atoms. The average Bonchev–Trinajstić information content (AvgIpc) is 2.74. The fourth-order valence-electron chi connectivity index (χ4n) is 3.18. The summed E-state index contributed by atoms with van der Waals surface area (Å²) in [6.45, 7) is 0.479. The minimum Gasteiger partial charge on any atom is -0.326 e. The lowest BCUT2D eigenvalue weighted by atomic mass is 9.99. The zero-order valence-corrected chi connectivity index (χ0v) is 18.9. The molecular formula is C19H25N5O5S2. The number of anilines is 2. The summed E-state index contributed by atoms with van der Waals surface area (Å²) in [6.07, 6.45) is 2.64. The van der Waals surface area contributed by atoms with Gasteiger partial charge in [-0.2, -0.15) is 17.0 Å². The molecule has 0 spiro atoms. The predicted octanol–water partition coefficient (Wildman–Crippen LogP) is 1.34. The molecular weight excluding hydrogens is 442 g/mol. The Labute approximate surface area is 182 Å². The maximum Gasteiger partial charge on any atom is 0.281 e. The maximum absolute atomic E-state index is 12.6. The summed E-state index contributed by atoms with van der Waals surface area (Å²) in [5.74, 6) is -0.590. The first-order valence-electron chi connectivity index (χ1n) is 9.62. The van der Waals surface area contributed by atoms with Crippen LogP contribution in [0.25, 0.3) is 0 Å². The van der Waals surface area contributed by atoms with Crippen LogP contribution in [0.2, 0.25) is 0 Å². The number of benzene rings is 1. The van der Waals surface area contributed by atoms with Gasteiger partial charge in [-0.05, 0) is 49.2 Å². The Bertz CT molecular complexity index is 1120. The number of rotatable bonds is 7. The van der Waals surface area contributed by atoms with Crippen LogP contribution in [0.1, 0.15) is 12.8 Å². The van der Waals surface area contributed by atoms with Crippen molar-refractivity contribution in [2.75, 3.05) is 37.2 Å². The van der Waals surface area contributed by atoms with Crippen LogP contribution in [-0.2, 0) is 25.0 Å². The summed E-state index contributed by atoms with van der Waals surface area (Å²) in [6, 6.07) is 10.6. The van der Waals surface area contributed by atoms with Crippen molar-refractivity contribution in [1.29, 1.82) is 0 Å². The number of amides is 1. The van der Waals surface area contributed by atoms with Crippen LogP contribution in [0.4, 0.5) is 11.5 Å². The third-order valence-electron chi connectivity index (χ3n) is 4.88. The molecule has 12 heteroatoms. The molecule has 0 bridgehead atoms. The van der Waals surface area contributed by atoms with Crippen LogP contribution in [0.15, 0.2) is 53.6 Å². The second-order valence-electron chi connectivity index (χ2n) is 7.32. The first-order chi connectivity index (χ1) is 14.6. The fraction of sp³-hybridized carbons (Fsp3) is 0.368. The molecule has 1 atom stereocenters. The van der Waals surface area contributed by atoms with E-state index in [9.17, 15) is 21.6 Å². The van der Waals surface area contributed by atoms with Crippen LogP contribution < -0.4 is 10.0 Å². The molecule has 0 saturated carbocycles. The van der Waals surface area contributed by atoms with Gasteiger partial charge in [-0.25, -0.2) is 13.4 Å². The van der Waals surface area contributed by atoms with Gasteiger partial charge in [-0.1, -0.05) is 6.07 Å². The van der Waals surface area contributed by atoms with E-state index in [0.717, 1.165) is 4.31 Å². The first kappa shape index (κ1) is 23.1. The number of nitrogens with zero attached hydrogens (tertiary/aromatic N) is 3. The molecule has 168 valence electrons. The van der Waals surface area contributed by atoms with Crippen LogP contribution >= 0.6 is 0 Å². The molecule has 3 rings (SSSR count). The summed E-state index contributed by atoms with van der Waals surface area (Å²) < 4.78 is 54.4. The quantitative estimate of drug-likeness (QED) is 0.632. The number of hydrogen-bond donors (Lipinski definition) is 2. The number of piperidine rings is 1. The molecule has 0 unspecified atom stereocenters. The smallest absolute Gasteiger partial charge is 0.281 e. The molecule has 2 heterocycles. The van der Waals surface area contributed by atoms with Gasteiger partial charge < -0.3 is 5.32 Å². The lowest BCUT2D eigenvalue weighted by Crippen LogP contribution is -2.47. The summed E-state index contributed by atoms with van der Waals surface area (Å²) >= 11 is 0. The highest BCUT2D eigenvalue weighted by atomic mass is 32.2. The Hall–Kier alpha value is -2.54. The Morgan fingerprint density at radius 2 is 1.81 bits per heavy atom. The third-order valence-corrected chi connectivity index (χ3v) is 8.16. The van der Waals surface area contributed by atoms with Gasteiger partial charge in [-0.3, -0.25) is 9.52 Å². The van der Waals surface area contributed by atoms with Gasteiger partial charge in [0.1, 0.15) is 5.82 Å². The van der Waals surface area contributed by atoms with Gasteiger partial charge in [0.25, 0.3) is 20.2 Å². The molecule has 0 aliphatic carbocycles. The molecule has 0 radical (unpaired) electrons. The Kier molecular flexibility index (Phi) is 6.94. The average molecular weight is 468 g/mol. The van der Waals surface area contributed by atoms with E-state index in [-0.39, 0.29) is 23.2 Å². The fourth-order valence-corrected chi connectivity index (χ4v) is 5.38. The molecule has 10 nitrogen and oxygen atoms in total. The van der Waals surface area contributed by atoms with Gasteiger partial charge in [-0.15, -0.1) is 0 Å². The summed E-state index contributed by atoms with van der Waals surface area (Å²) in [5.41, 5.74) is 0.425. The largest absolute Gasteiger partial charge is 0.326 e. The van der Waals surface area contributed by atoms with Crippen molar-refractivity contribution in [2.45, 2.75) is 17.7 Å². The molecule has 2 aromatic rings. The highest BCUT2D eigenvalue weighted by Crippen LogP contribution is 2.23. The number of pyridine rings is 1. The van der Waals surface area contributed by atoms with E-state index in [2.05, 4.69) is 15.0 Å². The highest BCUT2D eigenvalue weighted by molar-refractivity contribution is 7.92. The molecule has 2 N–H and O–H groups in total. The van der Waals surface area contributed by atoms with E-state index < -0.39 is 26.2 Å². The second-order valence-corrected chi connectivity index (χ2v) is 11.1. The Morgan fingerprint density at radius 3 is 2.42 bits per heavy atom. The van der Waals surface area contributed by atoms with Crippen molar-refractivity contribution < 1.29 is 21.6 Å². The Morgan fingerprint density at radius 1 is 1.10 bits per heavy atom. The molecule has 1 aromatic carbocycles. The van der Waals surface area contributed by atoms with Gasteiger partial charge in [0, 0.05) is 39.1 Å². The van der Waals surface area contributed by atoms with E-state index in [1.807, 2.05) is 0 Å². The van der Waals surface area contributed by atoms with E-state index in [1.54, 1.807) is 12.1 Å². The van der Waals surface area contributed by atoms with E-state index in [0.29, 0.717) is 25.1 Å². The molecule has 1 saturated heterocycles. The maximum atomic E-state index is 12.6. The number of carbonyl (C=O) groups excluding carboxylic acids is 1. The highest BCUT2D eigenvalue weighted by Gasteiger charge is 2.33. The van der Waals surface area contributed by atoms with Crippen molar-refractivity contribution in [3.8, 4) is 0 Å². The number of sulfonamides is 1. The third kappa shape index (κ3) is 5.58. The number of nitrogens with one attached hydrogen (secondary N) is 2. The van der Waals surface area contributed by atoms with Crippen LogP contribution in [0.3, 0.4) is 0 Å². The van der Waals surface area contributed by atoms with E-state index >= 15 is 0 Å². The van der Waals surface area contributed by atoms with Crippen molar-refractivity contribution in [3.63, 3.8) is 0 Å². The van der Waals surface area contributed by atoms with Crippen molar-refractivity contribution in [2.24, 2.45) is 5.92 Å². The monoisotopic (exact) mass is 467 g/mol. The summed E-state index contributed by atoms with van der Waals surface area (Å²) in [4.78, 5) is 16.6. The minimum atomic E-state index is -3.81. The zero-order valence-electron chi connectivity index (χ0n) is 17.2. The van der Waals surface area contributed by atoms with Gasteiger partial charge in [0.2, 0.25) is 5.91 Å². The van der Waals surface area contributed by atoms with Gasteiger partial charge in [0.05, 0.1) is 10.8 Å². The zero-order chi connectivity index (χ0) is 22.6. The summed E-state index contributed by atoms with van der Waals surface area (Å²) in [7, 11) is -4.48. The SMILES string of the molecule is CN(C)S(=O)(=O)N1CCC[C@H](C(=O)Nc2ccc(S(=O)(=O)Nc3ccccn3)cc2)C1. The summed E-state index contributed by atoms with van der Waals surface area (Å²) in [5, 5.41) is 2.74. The number of carbonyl (C=O) groups is 1. The second kappa shape index (κ2) is 9.30. The number of hydrogen-bond acceptors (Lipinski definition) is 6. The van der Waals surface area contributed by atoms with Crippen LogP contribution in [-0.4, -0.2) is 63.5 Å². The lowest BCUT2D eigenvalue weighted by Gasteiger charge is -2.32. The molecule has 1 fully saturated rings. The molecule has 1 aliphatic rings. The predicted molar refractivity (Wildman–Crippen MR) is 117 cm³/mol.